The first-order valence-electron chi connectivity index (χ1n) is 9.05. The Hall–Kier alpha value is -3.36. The molecule has 9 heteroatoms. The lowest BCUT2D eigenvalue weighted by Crippen LogP contribution is -2.15. The molecule has 0 radical (unpaired) electrons. The third kappa shape index (κ3) is 3.12. The van der Waals surface area contributed by atoms with E-state index in [2.05, 4.69) is 15.1 Å². The summed E-state index contributed by atoms with van der Waals surface area (Å²) in [6.07, 6.45) is -0.982. The average Bonchev–Trinajstić information content (AvgIpc) is 3.19. The predicted molar refractivity (Wildman–Crippen MR) is 103 cm³/mol. The quantitative estimate of drug-likeness (QED) is 0.480. The number of ether oxygens (including phenoxy) is 1. The molecule has 0 saturated carbocycles. The number of benzene rings is 1. The van der Waals surface area contributed by atoms with Crippen LogP contribution in [0.15, 0.2) is 30.3 Å². The summed E-state index contributed by atoms with van der Waals surface area (Å²) >= 11 is 0. The highest BCUT2D eigenvalue weighted by Crippen LogP contribution is 2.30. The molecule has 1 atom stereocenters. The number of aryl methyl sites for hydroxylation is 3. The largest absolute Gasteiger partial charge is 0.451 e. The number of fused-ring (bicyclic) bond motifs is 2. The van der Waals surface area contributed by atoms with Crippen molar-refractivity contribution in [1.29, 1.82) is 0 Å². The Morgan fingerprint density at radius 3 is 2.62 bits per heavy atom. The highest BCUT2D eigenvalue weighted by atomic mass is 19.3. The van der Waals surface area contributed by atoms with Gasteiger partial charge in [0.05, 0.1) is 27.7 Å². The van der Waals surface area contributed by atoms with Crippen LogP contribution in [0, 0.1) is 13.8 Å². The van der Waals surface area contributed by atoms with E-state index in [1.165, 1.54) is 6.92 Å². The summed E-state index contributed by atoms with van der Waals surface area (Å²) in [5.41, 5.74) is 2.81. The molecule has 4 aromatic rings. The lowest BCUT2D eigenvalue weighted by Gasteiger charge is -2.15. The van der Waals surface area contributed by atoms with Crippen molar-refractivity contribution >= 4 is 28.0 Å². The van der Waals surface area contributed by atoms with Gasteiger partial charge >= 0.3 is 12.5 Å². The molecule has 3 aromatic heterocycles. The van der Waals surface area contributed by atoms with Gasteiger partial charge in [0.25, 0.3) is 0 Å². The van der Waals surface area contributed by atoms with Crippen molar-refractivity contribution in [2.24, 2.45) is 7.05 Å². The molecule has 0 spiro atoms. The van der Waals surface area contributed by atoms with Crippen LogP contribution >= 0.6 is 0 Å². The second kappa shape index (κ2) is 6.91. The molecule has 1 aromatic carbocycles. The highest BCUT2D eigenvalue weighted by molar-refractivity contribution is 6.03. The van der Waals surface area contributed by atoms with Gasteiger partial charge in [-0.3, -0.25) is 9.25 Å². The van der Waals surface area contributed by atoms with Gasteiger partial charge in [0.2, 0.25) is 0 Å². The molecular formula is C20H19F2N5O2. The number of alkyl halides is 2. The van der Waals surface area contributed by atoms with Crippen molar-refractivity contribution in [3.63, 3.8) is 0 Å². The van der Waals surface area contributed by atoms with E-state index in [1.807, 2.05) is 0 Å². The van der Waals surface area contributed by atoms with Crippen LogP contribution in [0.5, 0.6) is 0 Å². The molecule has 3 heterocycles. The summed E-state index contributed by atoms with van der Waals surface area (Å²) in [5.74, 6) is -0.656. The van der Waals surface area contributed by atoms with Gasteiger partial charge in [0.1, 0.15) is 0 Å². The van der Waals surface area contributed by atoms with Crippen molar-refractivity contribution in [3.05, 3.63) is 53.1 Å². The van der Waals surface area contributed by atoms with E-state index in [0.29, 0.717) is 33.5 Å². The smallest absolute Gasteiger partial charge is 0.339 e. The van der Waals surface area contributed by atoms with E-state index in [1.54, 1.807) is 55.9 Å². The first-order chi connectivity index (χ1) is 13.8. The summed E-state index contributed by atoms with van der Waals surface area (Å²) in [5, 5.41) is 4.89. The normalized spacial score (nSPS) is 12.8. The number of carbonyl (C=O) groups is 1. The summed E-state index contributed by atoms with van der Waals surface area (Å²) < 4.78 is 35.3. The van der Waals surface area contributed by atoms with Crippen LogP contribution in [0.25, 0.3) is 22.1 Å². The van der Waals surface area contributed by atoms with Gasteiger partial charge < -0.3 is 4.74 Å². The van der Waals surface area contributed by atoms with Gasteiger partial charge in [-0.1, -0.05) is 12.1 Å². The predicted octanol–water partition coefficient (Wildman–Crippen LogP) is 4.25. The van der Waals surface area contributed by atoms with Crippen LogP contribution < -0.4 is 0 Å². The number of carbonyl (C=O) groups excluding carboxylic acids is 1. The van der Waals surface area contributed by atoms with Crippen molar-refractivity contribution in [1.82, 2.24) is 24.3 Å². The number of esters is 1. The highest BCUT2D eigenvalue weighted by Gasteiger charge is 2.26. The number of para-hydroxylation sites is 2. The molecule has 0 N–H and O–H groups in total. The first-order valence-corrected chi connectivity index (χ1v) is 9.05. The molecule has 0 fully saturated rings. The number of halogens is 2. The van der Waals surface area contributed by atoms with E-state index >= 15 is 0 Å². The topological polar surface area (TPSA) is 74.8 Å². The molecule has 150 valence electrons. The fraction of sp³-hybridized carbons (Fsp3) is 0.300. The summed E-state index contributed by atoms with van der Waals surface area (Å²) in [6.45, 7) is 2.25. The van der Waals surface area contributed by atoms with E-state index in [-0.39, 0.29) is 11.3 Å². The van der Waals surface area contributed by atoms with E-state index in [4.69, 9.17) is 4.74 Å². The number of hydrogen-bond acceptors (Lipinski definition) is 5. The lowest BCUT2D eigenvalue weighted by molar-refractivity contribution is 0.0235. The summed E-state index contributed by atoms with van der Waals surface area (Å²) in [6, 6.07) is 8.18. The van der Waals surface area contributed by atoms with Crippen molar-refractivity contribution in [2.75, 3.05) is 0 Å². The molecule has 4 rings (SSSR count). The van der Waals surface area contributed by atoms with Crippen molar-refractivity contribution < 1.29 is 18.3 Å². The van der Waals surface area contributed by atoms with Gasteiger partial charge in [0, 0.05) is 12.7 Å². The lowest BCUT2D eigenvalue weighted by atomic mass is 10.1. The maximum Gasteiger partial charge on any atom is 0.339 e. The van der Waals surface area contributed by atoms with Crippen LogP contribution in [0.3, 0.4) is 0 Å². The number of imidazole rings is 1. The van der Waals surface area contributed by atoms with Crippen molar-refractivity contribution in [3.8, 4) is 0 Å². The minimum Gasteiger partial charge on any atom is -0.451 e. The third-order valence-corrected chi connectivity index (χ3v) is 4.78. The second-order valence-electron chi connectivity index (χ2n) is 6.87. The average molecular weight is 399 g/mol. The molecule has 29 heavy (non-hydrogen) atoms. The standard InChI is InChI=1S/C20H19F2N5O2/c1-10-9-13(16-11(2)25-26(4)18(16)23-10)19(28)29-12(3)17-24-14-7-5-6-8-15(14)27(17)20(21)22/h5-9,12,20H,1-4H3. The molecule has 0 saturated heterocycles. The first kappa shape index (κ1) is 19.0. The number of nitrogens with zero attached hydrogens (tertiary/aromatic N) is 5. The molecule has 0 aliphatic carbocycles. The Bertz CT molecular complexity index is 1240. The van der Waals surface area contributed by atoms with E-state index < -0.39 is 18.6 Å². The minimum absolute atomic E-state index is 0.0144. The molecule has 0 aliphatic heterocycles. The van der Waals surface area contributed by atoms with Gasteiger partial charge in [-0.05, 0) is 39.0 Å². The molecular weight excluding hydrogens is 380 g/mol. The third-order valence-electron chi connectivity index (χ3n) is 4.78. The number of hydrogen-bond donors (Lipinski definition) is 0. The van der Waals surface area contributed by atoms with E-state index in [0.717, 1.165) is 4.57 Å². The monoisotopic (exact) mass is 399 g/mol. The zero-order valence-electron chi connectivity index (χ0n) is 16.3. The van der Waals surface area contributed by atoms with Gasteiger partial charge in [-0.2, -0.15) is 13.9 Å². The Kier molecular flexibility index (Phi) is 4.52. The van der Waals surface area contributed by atoms with Crippen LogP contribution in [0.4, 0.5) is 8.78 Å². The Morgan fingerprint density at radius 1 is 1.17 bits per heavy atom. The molecule has 1 unspecified atom stereocenters. The number of pyridine rings is 1. The fourth-order valence-electron chi connectivity index (χ4n) is 3.56. The van der Waals surface area contributed by atoms with Gasteiger partial charge in [0.15, 0.2) is 17.6 Å². The molecule has 7 nitrogen and oxygen atoms in total. The van der Waals surface area contributed by atoms with Crippen LogP contribution in [0.1, 0.15) is 47.1 Å². The Labute approximate surface area is 164 Å². The van der Waals surface area contributed by atoms with Crippen LogP contribution in [-0.4, -0.2) is 30.3 Å². The molecule has 0 bridgehead atoms. The van der Waals surface area contributed by atoms with Crippen molar-refractivity contribution in [2.45, 2.75) is 33.4 Å². The molecule has 0 amide bonds. The summed E-state index contributed by atoms with van der Waals surface area (Å²) in [4.78, 5) is 21.6. The SMILES string of the molecule is Cc1cc(C(=O)OC(C)c2nc3ccccc3n2C(F)F)c2c(C)nn(C)c2n1. The fourth-order valence-corrected chi connectivity index (χ4v) is 3.56. The zero-order valence-corrected chi connectivity index (χ0v) is 16.3. The number of rotatable bonds is 4. The van der Waals surface area contributed by atoms with Crippen LogP contribution in [0.2, 0.25) is 0 Å². The zero-order chi connectivity index (χ0) is 20.9. The van der Waals surface area contributed by atoms with Crippen LogP contribution in [-0.2, 0) is 11.8 Å². The minimum atomic E-state index is -2.81. The second-order valence-corrected chi connectivity index (χ2v) is 6.87. The maximum atomic E-state index is 13.7. The van der Waals surface area contributed by atoms with Gasteiger partial charge in [-0.25, -0.2) is 14.8 Å². The Morgan fingerprint density at radius 2 is 1.90 bits per heavy atom. The Balaban J connectivity index is 1.74. The van der Waals surface area contributed by atoms with E-state index in [9.17, 15) is 13.6 Å². The van der Waals surface area contributed by atoms with Gasteiger partial charge in [-0.15, -0.1) is 0 Å². The number of aromatic nitrogens is 5. The summed E-state index contributed by atoms with van der Waals surface area (Å²) in [7, 11) is 1.74. The molecule has 0 aliphatic rings. The maximum absolute atomic E-state index is 13.7.